The lowest BCUT2D eigenvalue weighted by molar-refractivity contribution is -0.0167. The molecule has 0 unspecified atom stereocenters. The zero-order chi connectivity index (χ0) is 19.5. The monoisotopic (exact) mass is 369 g/mol. The number of halogens is 1. The van der Waals surface area contributed by atoms with E-state index in [4.69, 9.17) is 11.6 Å². The quantitative estimate of drug-likeness (QED) is 0.447. The van der Waals surface area contributed by atoms with Gasteiger partial charge < -0.3 is 0 Å². The Labute approximate surface area is 158 Å². The van der Waals surface area contributed by atoms with Gasteiger partial charge >= 0.3 is 0 Å². The van der Waals surface area contributed by atoms with E-state index in [1.54, 1.807) is 76.2 Å². The minimum atomic E-state index is -0.801. The number of rotatable bonds is 2. The van der Waals surface area contributed by atoms with E-state index in [1.807, 2.05) is 6.19 Å². The van der Waals surface area contributed by atoms with Crippen LogP contribution in [0.25, 0.3) is 0 Å². The first-order valence-corrected chi connectivity index (χ1v) is 8.45. The van der Waals surface area contributed by atoms with Crippen LogP contribution in [0.5, 0.6) is 0 Å². The summed E-state index contributed by atoms with van der Waals surface area (Å²) in [5.74, 6) is -1.04. The maximum Gasteiger partial charge on any atom is 0.286 e. The van der Waals surface area contributed by atoms with E-state index < -0.39 is 17.4 Å². The molecule has 5 nitrogen and oxygen atoms in total. The van der Waals surface area contributed by atoms with Crippen LogP contribution in [-0.4, -0.2) is 27.4 Å². The molecule has 2 aromatic rings. The molecule has 0 N–H and O–H groups in total. The Balaban J connectivity index is 2.52. The van der Waals surface area contributed by atoms with Gasteiger partial charge in [0.2, 0.25) is 6.19 Å². The molecule has 0 saturated heterocycles. The number of benzene rings is 2. The Hall–Kier alpha value is -2.84. The first kappa shape index (κ1) is 19.5. The van der Waals surface area contributed by atoms with E-state index in [1.165, 1.54) is 5.01 Å². The molecule has 0 aliphatic heterocycles. The summed E-state index contributed by atoms with van der Waals surface area (Å²) in [5.41, 5.74) is 0.415. The van der Waals surface area contributed by atoms with Crippen molar-refractivity contribution in [1.29, 1.82) is 5.26 Å². The Kier molecular flexibility index (Phi) is 5.69. The maximum atomic E-state index is 13.0. The van der Waals surface area contributed by atoms with Crippen LogP contribution in [-0.2, 0) is 0 Å². The van der Waals surface area contributed by atoms with Crippen LogP contribution in [0.4, 0.5) is 0 Å². The molecule has 0 aromatic heterocycles. The highest BCUT2D eigenvalue weighted by Gasteiger charge is 2.37. The van der Waals surface area contributed by atoms with E-state index in [0.29, 0.717) is 16.1 Å². The summed E-state index contributed by atoms with van der Waals surface area (Å²) in [4.78, 5) is 26.1. The van der Waals surface area contributed by atoms with E-state index >= 15 is 0 Å². The minimum Gasteiger partial charge on any atom is -0.267 e. The van der Waals surface area contributed by atoms with Gasteiger partial charge in [0.15, 0.2) is 0 Å². The summed E-state index contributed by atoms with van der Waals surface area (Å²) in [6.45, 7) is 6.98. The van der Waals surface area contributed by atoms with Gasteiger partial charge in [-0.3, -0.25) is 9.59 Å². The number of hydrogen-bond donors (Lipinski definition) is 0. The molecule has 6 heteroatoms. The van der Waals surface area contributed by atoms with Crippen molar-refractivity contribution in [3.63, 3.8) is 0 Å². The van der Waals surface area contributed by atoms with Crippen LogP contribution < -0.4 is 0 Å². The molecule has 2 amide bonds. The molecule has 0 atom stereocenters. The molecule has 0 aliphatic rings. The highest BCUT2D eigenvalue weighted by Crippen LogP contribution is 2.25. The van der Waals surface area contributed by atoms with Crippen molar-refractivity contribution >= 4 is 23.4 Å². The van der Waals surface area contributed by atoms with Gasteiger partial charge in [-0.25, -0.2) is 5.01 Å². The molecule has 0 spiro atoms. The number of hydrogen-bond acceptors (Lipinski definition) is 3. The van der Waals surface area contributed by atoms with Crippen LogP contribution in [0.15, 0.2) is 48.5 Å². The standard InChI is InChI=1S/C20H20ClN3O2/c1-14-16(11-8-12-17(14)21)19(26)23(13-22)24(20(2,3)4)18(25)15-9-6-5-7-10-15/h5-12H,1-4H3. The predicted octanol–water partition coefficient (Wildman–Crippen LogP) is 4.43. The molecular weight excluding hydrogens is 350 g/mol. The van der Waals surface area contributed by atoms with Crippen LogP contribution in [0, 0.1) is 18.4 Å². The second-order valence-electron chi connectivity index (χ2n) is 6.78. The number of hydrazine groups is 1. The molecule has 0 saturated carbocycles. The van der Waals surface area contributed by atoms with Gasteiger partial charge in [0.25, 0.3) is 11.8 Å². The van der Waals surface area contributed by atoms with Crippen molar-refractivity contribution in [2.45, 2.75) is 33.2 Å². The Morgan fingerprint density at radius 3 is 2.15 bits per heavy atom. The fourth-order valence-electron chi connectivity index (χ4n) is 2.53. The van der Waals surface area contributed by atoms with Crippen molar-refractivity contribution in [3.05, 3.63) is 70.2 Å². The van der Waals surface area contributed by atoms with Crippen LogP contribution in [0.1, 0.15) is 47.1 Å². The van der Waals surface area contributed by atoms with Crippen molar-refractivity contribution in [3.8, 4) is 6.19 Å². The molecule has 2 aromatic carbocycles. The van der Waals surface area contributed by atoms with E-state index in [9.17, 15) is 14.9 Å². The average molecular weight is 370 g/mol. The largest absolute Gasteiger partial charge is 0.286 e. The number of carbonyl (C=O) groups is 2. The molecule has 0 heterocycles. The third kappa shape index (κ3) is 3.87. The number of nitriles is 1. The van der Waals surface area contributed by atoms with Crippen LogP contribution in [0.3, 0.4) is 0 Å². The van der Waals surface area contributed by atoms with E-state index in [-0.39, 0.29) is 5.56 Å². The summed E-state index contributed by atoms with van der Waals surface area (Å²) in [6.07, 6.45) is 1.85. The summed E-state index contributed by atoms with van der Waals surface area (Å²) in [7, 11) is 0. The van der Waals surface area contributed by atoms with Gasteiger partial charge in [-0.15, -0.1) is 5.01 Å². The Morgan fingerprint density at radius 1 is 1.00 bits per heavy atom. The summed E-state index contributed by atoms with van der Waals surface area (Å²) in [5, 5.41) is 12.1. The predicted molar refractivity (Wildman–Crippen MR) is 100 cm³/mol. The zero-order valence-corrected chi connectivity index (χ0v) is 15.9. The summed E-state index contributed by atoms with van der Waals surface area (Å²) in [6, 6.07) is 13.4. The third-order valence-corrected chi connectivity index (χ3v) is 4.24. The zero-order valence-electron chi connectivity index (χ0n) is 15.2. The maximum absolute atomic E-state index is 13.0. The second-order valence-corrected chi connectivity index (χ2v) is 7.19. The normalized spacial score (nSPS) is 10.8. The van der Waals surface area contributed by atoms with Gasteiger partial charge in [-0.2, -0.15) is 5.26 Å². The minimum absolute atomic E-state index is 0.272. The molecule has 2 rings (SSSR count). The van der Waals surface area contributed by atoms with E-state index in [0.717, 1.165) is 5.01 Å². The van der Waals surface area contributed by atoms with Gasteiger partial charge in [0.05, 0.1) is 5.54 Å². The van der Waals surface area contributed by atoms with Crippen molar-refractivity contribution in [2.75, 3.05) is 0 Å². The highest BCUT2D eigenvalue weighted by molar-refractivity contribution is 6.31. The Morgan fingerprint density at radius 2 is 1.62 bits per heavy atom. The number of nitrogens with zero attached hydrogens (tertiary/aromatic N) is 3. The second kappa shape index (κ2) is 7.59. The molecule has 134 valence electrons. The Bertz CT molecular complexity index is 867. The average Bonchev–Trinajstić information content (AvgIpc) is 2.60. The van der Waals surface area contributed by atoms with Gasteiger partial charge in [0.1, 0.15) is 0 Å². The summed E-state index contributed by atoms with van der Waals surface area (Å²) >= 11 is 6.10. The molecule has 0 fully saturated rings. The van der Waals surface area contributed by atoms with Crippen LogP contribution in [0.2, 0.25) is 5.02 Å². The first-order chi connectivity index (χ1) is 12.2. The van der Waals surface area contributed by atoms with Crippen LogP contribution >= 0.6 is 11.6 Å². The first-order valence-electron chi connectivity index (χ1n) is 8.07. The van der Waals surface area contributed by atoms with Crippen molar-refractivity contribution in [1.82, 2.24) is 10.0 Å². The number of amides is 2. The number of carbonyl (C=O) groups excluding carboxylic acids is 2. The highest BCUT2D eigenvalue weighted by atomic mass is 35.5. The van der Waals surface area contributed by atoms with E-state index in [2.05, 4.69) is 0 Å². The third-order valence-electron chi connectivity index (χ3n) is 3.83. The smallest absolute Gasteiger partial charge is 0.267 e. The molecule has 0 aliphatic carbocycles. The lowest BCUT2D eigenvalue weighted by atomic mass is 10.0. The summed E-state index contributed by atoms with van der Waals surface area (Å²) < 4.78 is 0. The lowest BCUT2D eigenvalue weighted by Crippen LogP contribution is -2.56. The lowest BCUT2D eigenvalue weighted by Gasteiger charge is -2.39. The topological polar surface area (TPSA) is 64.4 Å². The van der Waals surface area contributed by atoms with Crippen molar-refractivity contribution in [2.24, 2.45) is 0 Å². The molecule has 26 heavy (non-hydrogen) atoms. The van der Waals surface area contributed by atoms with Gasteiger partial charge in [-0.1, -0.05) is 35.9 Å². The fraction of sp³-hybridized carbons (Fsp3) is 0.250. The van der Waals surface area contributed by atoms with Crippen molar-refractivity contribution < 1.29 is 9.59 Å². The molecule has 0 bridgehead atoms. The molecular formula is C20H20ClN3O2. The van der Waals surface area contributed by atoms with Gasteiger partial charge in [-0.05, 0) is 57.5 Å². The van der Waals surface area contributed by atoms with Gasteiger partial charge in [0, 0.05) is 16.1 Å². The molecule has 0 radical (unpaired) electrons. The fourth-order valence-corrected chi connectivity index (χ4v) is 2.71. The SMILES string of the molecule is Cc1c(Cl)cccc1C(=O)N(C#N)N(C(=O)c1ccccc1)C(C)(C)C.